The summed E-state index contributed by atoms with van der Waals surface area (Å²) >= 11 is 8.08. The Morgan fingerprint density at radius 2 is 1.83 bits per heavy atom. The number of fused-ring (bicyclic) bond motifs is 1. The summed E-state index contributed by atoms with van der Waals surface area (Å²) in [5.74, 6) is 1.85. The molecule has 1 fully saturated rings. The normalized spacial score (nSPS) is 18.1. The van der Waals surface area contributed by atoms with Crippen molar-refractivity contribution in [1.82, 2.24) is 4.90 Å². The number of carbonyl (C=O) groups is 1. The molecule has 9 heteroatoms. The monoisotopic (exact) mass is 598 g/mol. The maximum Gasteiger partial charge on any atom is 0.238 e. The van der Waals surface area contributed by atoms with Crippen LogP contribution in [0.3, 0.4) is 0 Å². The van der Waals surface area contributed by atoms with Crippen LogP contribution >= 0.6 is 23.4 Å². The number of ether oxygens (including phenoxy) is 3. The van der Waals surface area contributed by atoms with Crippen molar-refractivity contribution in [2.75, 3.05) is 43.8 Å². The Balaban J connectivity index is 1.38. The Kier molecular flexibility index (Phi) is 9.63. The van der Waals surface area contributed by atoms with Gasteiger partial charge in [-0.15, -0.1) is 0 Å². The first-order valence-electron chi connectivity index (χ1n) is 14.1. The summed E-state index contributed by atoms with van der Waals surface area (Å²) in [6, 6.07) is 15.3. The molecule has 1 amide bonds. The first-order chi connectivity index (χ1) is 19.9. The van der Waals surface area contributed by atoms with Gasteiger partial charge in [-0.25, -0.2) is 4.39 Å². The zero-order valence-corrected chi connectivity index (χ0v) is 25.2. The second-order valence-electron chi connectivity index (χ2n) is 10.4. The topological polar surface area (TPSA) is 60.0 Å². The molecule has 0 aliphatic carbocycles. The van der Waals surface area contributed by atoms with Crippen LogP contribution < -0.4 is 19.5 Å². The summed E-state index contributed by atoms with van der Waals surface area (Å²) in [6.45, 7) is 5.59. The molecule has 2 atom stereocenters. The van der Waals surface area contributed by atoms with E-state index in [0.29, 0.717) is 23.9 Å². The number of aryl methyl sites for hydroxylation is 2. The predicted octanol–water partition coefficient (Wildman–Crippen LogP) is 7.24. The molecule has 0 aromatic heterocycles. The van der Waals surface area contributed by atoms with Crippen molar-refractivity contribution in [2.45, 2.75) is 45.1 Å². The third kappa shape index (κ3) is 6.76. The van der Waals surface area contributed by atoms with Crippen molar-refractivity contribution in [3.63, 3.8) is 0 Å². The number of amides is 1. The highest BCUT2D eigenvalue weighted by atomic mass is 35.5. The number of carbonyl (C=O) groups excluding carboxylic acids is 1. The van der Waals surface area contributed by atoms with E-state index in [9.17, 15) is 9.18 Å². The summed E-state index contributed by atoms with van der Waals surface area (Å²) in [7, 11) is 0. The zero-order valence-electron chi connectivity index (χ0n) is 23.7. The number of likely N-dealkylation sites (tertiary alicyclic amines) is 1. The molecule has 3 aromatic carbocycles. The second-order valence-corrected chi connectivity index (χ2v) is 11.8. The van der Waals surface area contributed by atoms with Crippen molar-refractivity contribution >= 4 is 35.0 Å². The highest BCUT2D eigenvalue weighted by molar-refractivity contribution is 7.98. The molecule has 0 unspecified atom stereocenters. The number of anilines is 1. The van der Waals surface area contributed by atoms with Crippen molar-refractivity contribution < 1.29 is 23.4 Å². The van der Waals surface area contributed by atoms with Gasteiger partial charge in [0.25, 0.3) is 0 Å². The van der Waals surface area contributed by atoms with Crippen molar-refractivity contribution in [3.8, 4) is 17.2 Å². The van der Waals surface area contributed by atoms with Crippen molar-refractivity contribution in [1.29, 1.82) is 0 Å². The van der Waals surface area contributed by atoms with Crippen molar-refractivity contribution in [3.05, 3.63) is 81.6 Å². The number of halogens is 2. The minimum atomic E-state index is -0.420. The van der Waals surface area contributed by atoms with Crippen LogP contribution in [0.5, 0.6) is 17.2 Å². The standard InChI is InChI=1S/C32H36ClFN2O4S/c1-4-20-12-25(33)13-21(5-2)31(20)35-30(37)18-36-17-24(23-14-27(34)32-29(16-23)39-19-40-32)15-28(36)22-6-8-26(9-7-22)38-10-11-41-3/h6-9,12-14,16,24,28H,4-5,10-11,15,17-19H2,1-3H3,(H,35,37)/t24-,28-/m1/s1. The van der Waals surface area contributed by atoms with Gasteiger partial charge < -0.3 is 19.5 Å². The van der Waals surface area contributed by atoms with Gasteiger partial charge in [-0.2, -0.15) is 11.8 Å². The lowest BCUT2D eigenvalue weighted by Crippen LogP contribution is -2.33. The molecular formula is C32H36ClFN2O4S. The van der Waals surface area contributed by atoms with E-state index in [2.05, 4.69) is 42.5 Å². The summed E-state index contributed by atoms with van der Waals surface area (Å²) in [4.78, 5) is 15.7. The molecule has 6 nitrogen and oxygen atoms in total. The molecule has 3 aromatic rings. The molecule has 41 heavy (non-hydrogen) atoms. The first kappa shape index (κ1) is 29.5. The van der Waals surface area contributed by atoms with E-state index in [1.807, 2.05) is 30.3 Å². The van der Waals surface area contributed by atoms with E-state index in [4.69, 9.17) is 25.8 Å². The number of nitrogens with zero attached hydrogens (tertiary/aromatic N) is 1. The minimum absolute atomic E-state index is 0.0160. The van der Waals surface area contributed by atoms with Gasteiger partial charge in [-0.05, 0) is 90.1 Å². The highest BCUT2D eigenvalue weighted by Gasteiger charge is 2.36. The van der Waals surface area contributed by atoms with Gasteiger partial charge in [0, 0.05) is 29.0 Å². The molecule has 5 rings (SSSR count). The van der Waals surface area contributed by atoms with E-state index in [-0.39, 0.29) is 37.0 Å². The van der Waals surface area contributed by atoms with E-state index < -0.39 is 5.82 Å². The van der Waals surface area contributed by atoms with Gasteiger partial charge in [-0.3, -0.25) is 9.69 Å². The number of rotatable bonds is 11. The molecule has 2 aliphatic rings. The number of thioether (sulfide) groups is 1. The number of nitrogens with one attached hydrogen (secondary N) is 1. The van der Waals surface area contributed by atoms with Gasteiger partial charge in [0.05, 0.1) is 13.2 Å². The fourth-order valence-electron chi connectivity index (χ4n) is 5.73. The van der Waals surface area contributed by atoms with Gasteiger partial charge >= 0.3 is 0 Å². The van der Waals surface area contributed by atoms with Gasteiger partial charge in [-0.1, -0.05) is 37.6 Å². The Morgan fingerprint density at radius 3 is 2.51 bits per heavy atom. The third-order valence-electron chi connectivity index (χ3n) is 7.78. The zero-order chi connectivity index (χ0) is 28.9. The molecule has 0 bridgehead atoms. The van der Waals surface area contributed by atoms with Crippen LogP contribution in [0.25, 0.3) is 0 Å². The fourth-order valence-corrected chi connectivity index (χ4v) is 6.24. The van der Waals surface area contributed by atoms with Crippen LogP contribution in [-0.4, -0.2) is 49.3 Å². The minimum Gasteiger partial charge on any atom is -0.493 e. The molecule has 218 valence electrons. The molecule has 0 spiro atoms. The first-order valence-corrected chi connectivity index (χ1v) is 15.8. The third-order valence-corrected chi connectivity index (χ3v) is 8.58. The Hall–Kier alpha value is -2.94. The van der Waals surface area contributed by atoms with Crippen LogP contribution in [0.4, 0.5) is 10.1 Å². The molecule has 0 radical (unpaired) electrons. The second kappa shape index (κ2) is 13.4. The highest BCUT2D eigenvalue weighted by Crippen LogP contribution is 2.44. The summed E-state index contributed by atoms with van der Waals surface area (Å²) in [6.07, 6.45) is 4.32. The Bertz CT molecular complexity index is 1360. The fraction of sp³-hybridized carbons (Fsp3) is 0.406. The molecule has 1 saturated heterocycles. The largest absolute Gasteiger partial charge is 0.493 e. The number of hydrogen-bond donors (Lipinski definition) is 1. The van der Waals surface area contributed by atoms with Crippen LogP contribution in [0.15, 0.2) is 48.5 Å². The number of benzene rings is 3. The van der Waals surface area contributed by atoms with E-state index >= 15 is 0 Å². The van der Waals surface area contributed by atoms with Crippen LogP contribution in [0.2, 0.25) is 5.02 Å². The lowest BCUT2D eigenvalue weighted by Gasteiger charge is -2.25. The van der Waals surface area contributed by atoms with Crippen molar-refractivity contribution in [2.24, 2.45) is 0 Å². The number of hydrogen-bond acceptors (Lipinski definition) is 6. The van der Waals surface area contributed by atoms with Gasteiger partial charge in [0.1, 0.15) is 5.75 Å². The summed E-state index contributed by atoms with van der Waals surface area (Å²) < 4.78 is 31.4. The maximum atomic E-state index is 14.8. The van der Waals surface area contributed by atoms with Gasteiger partial charge in [0.15, 0.2) is 11.6 Å². The van der Waals surface area contributed by atoms with Crippen LogP contribution in [0, 0.1) is 5.82 Å². The van der Waals surface area contributed by atoms with Crippen LogP contribution in [-0.2, 0) is 17.6 Å². The molecule has 1 N–H and O–H groups in total. The average molecular weight is 599 g/mol. The average Bonchev–Trinajstić information content (AvgIpc) is 3.62. The summed E-state index contributed by atoms with van der Waals surface area (Å²) in [5.41, 5.74) is 4.82. The molecule has 2 heterocycles. The Labute approximate surface area is 250 Å². The van der Waals surface area contributed by atoms with E-state index in [0.717, 1.165) is 58.7 Å². The maximum absolute atomic E-state index is 14.8. The van der Waals surface area contributed by atoms with E-state index in [1.54, 1.807) is 11.8 Å². The molecular weight excluding hydrogens is 563 g/mol. The lowest BCUT2D eigenvalue weighted by atomic mass is 9.93. The van der Waals surface area contributed by atoms with Gasteiger partial charge in [0.2, 0.25) is 18.4 Å². The quantitative estimate of drug-likeness (QED) is 0.235. The molecule has 0 saturated carbocycles. The van der Waals surface area contributed by atoms with Crippen LogP contribution in [0.1, 0.15) is 54.5 Å². The summed E-state index contributed by atoms with van der Waals surface area (Å²) in [5, 5.41) is 3.86. The SMILES string of the molecule is CCc1cc(Cl)cc(CC)c1NC(=O)CN1C[C@H](c2cc(F)c3c(c2)OCO3)C[C@@H]1c1ccc(OCCSC)cc1. The smallest absolute Gasteiger partial charge is 0.238 e. The lowest BCUT2D eigenvalue weighted by molar-refractivity contribution is -0.117. The predicted molar refractivity (Wildman–Crippen MR) is 163 cm³/mol. The van der Waals surface area contributed by atoms with E-state index in [1.165, 1.54) is 6.07 Å². The Morgan fingerprint density at radius 1 is 1.10 bits per heavy atom. The molecule has 2 aliphatic heterocycles.